The molecule has 0 spiro atoms. The van der Waals surface area contributed by atoms with Crippen LogP contribution in [0.5, 0.6) is 0 Å². The normalized spacial score (nSPS) is 16.1. The molecular formula is C12H22N2O3. The monoisotopic (exact) mass is 242 g/mol. The zero-order chi connectivity index (χ0) is 12.7. The molecule has 17 heavy (non-hydrogen) atoms. The van der Waals surface area contributed by atoms with Crippen molar-refractivity contribution in [1.29, 1.82) is 0 Å². The Hall–Kier alpha value is -1.10. The van der Waals surface area contributed by atoms with Crippen molar-refractivity contribution in [2.75, 3.05) is 39.8 Å². The van der Waals surface area contributed by atoms with Crippen molar-refractivity contribution in [3.05, 3.63) is 0 Å². The highest BCUT2D eigenvalue weighted by Gasteiger charge is 2.19. The summed E-state index contributed by atoms with van der Waals surface area (Å²) >= 11 is 0. The quantitative estimate of drug-likeness (QED) is 0.659. The molecular weight excluding hydrogens is 220 g/mol. The molecule has 5 nitrogen and oxygen atoms in total. The first-order valence-corrected chi connectivity index (χ1v) is 6.24. The van der Waals surface area contributed by atoms with Crippen LogP contribution in [0.4, 0.5) is 0 Å². The van der Waals surface area contributed by atoms with E-state index in [0.29, 0.717) is 13.1 Å². The van der Waals surface area contributed by atoms with Crippen LogP contribution in [0.25, 0.3) is 0 Å². The van der Waals surface area contributed by atoms with Gasteiger partial charge in [-0.3, -0.25) is 14.5 Å². The topological polar surface area (TPSA) is 49.9 Å². The minimum atomic E-state index is -0.293. The average Bonchev–Trinajstić information content (AvgIpc) is 2.38. The number of rotatable bonds is 5. The van der Waals surface area contributed by atoms with E-state index in [4.69, 9.17) is 0 Å². The van der Waals surface area contributed by atoms with Crippen molar-refractivity contribution >= 4 is 11.9 Å². The van der Waals surface area contributed by atoms with Gasteiger partial charge in [0.1, 0.15) is 0 Å². The zero-order valence-corrected chi connectivity index (χ0v) is 10.8. The molecule has 1 aliphatic rings. The standard InChI is InChI=1S/C12H22N2O3/c1-3-13(10-12(16)17-2)9-11(15)14-7-5-4-6-8-14/h3-10H2,1-2H3. The Kier molecular flexibility index (Phi) is 5.97. The Morgan fingerprint density at radius 1 is 1.18 bits per heavy atom. The number of amides is 1. The molecule has 98 valence electrons. The van der Waals surface area contributed by atoms with Gasteiger partial charge in [0, 0.05) is 13.1 Å². The van der Waals surface area contributed by atoms with Crippen LogP contribution in [0.15, 0.2) is 0 Å². The fourth-order valence-electron chi connectivity index (χ4n) is 1.96. The largest absolute Gasteiger partial charge is 0.468 e. The molecule has 1 fully saturated rings. The molecule has 1 rings (SSSR count). The van der Waals surface area contributed by atoms with Crippen LogP contribution in [0.2, 0.25) is 0 Å². The molecule has 0 aromatic carbocycles. The highest BCUT2D eigenvalue weighted by Crippen LogP contribution is 2.09. The number of ether oxygens (including phenoxy) is 1. The van der Waals surface area contributed by atoms with E-state index in [1.54, 1.807) is 0 Å². The molecule has 5 heteroatoms. The number of hydrogen-bond acceptors (Lipinski definition) is 4. The first-order chi connectivity index (χ1) is 8.17. The van der Waals surface area contributed by atoms with Gasteiger partial charge >= 0.3 is 5.97 Å². The van der Waals surface area contributed by atoms with Crippen LogP contribution < -0.4 is 0 Å². The van der Waals surface area contributed by atoms with Gasteiger partial charge in [0.2, 0.25) is 5.91 Å². The molecule has 0 saturated carbocycles. The highest BCUT2D eigenvalue weighted by molar-refractivity contribution is 5.79. The first-order valence-electron chi connectivity index (χ1n) is 6.24. The van der Waals surface area contributed by atoms with E-state index in [1.807, 2.05) is 16.7 Å². The predicted molar refractivity (Wildman–Crippen MR) is 64.6 cm³/mol. The minimum Gasteiger partial charge on any atom is -0.468 e. The maximum atomic E-state index is 12.0. The van der Waals surface area contributed by atoms with Gasteiger partial charge in [0.25, 0.3) is 0 Å². The lowest BCUT2D eigenvalue weighted by Crippen LogP contribution is -2.44. The summed E-state index contributed by atoms with van der Waals surface area (Å²) in [4.78, 5) is 26.8. The highest BCUT2D eigenvalue weighted by atomic mass is 16.5. The maximum Gasteiger partial charge on any atom is 0.319 e. The number of nitrogens with zero attached hydrogens (tertiary/aromatic N) is 2. The molecule has 0 radical (unpaired) electrons. The molecule has 0 unspecified atom stereocenters. The summed E-state index contributed by atoms with van der Waals surface area (Å²) in [5, 5.41) is 0. The summed E-state index contributed by atoms with van der Waals surface area (Å²) in [6.07, 6.45) is 3.40. The molecule has 1 aliphatic heterocycles. The van der Waals surface area contributed by atoms with E-state index in [2.05, 4.69) is 4.74 Å². The third kappa shape index (κ3) is 4.73. The number of hydrogen-bond donors (Lipinski definition) is 0. The summed E-state index contributed by atoms with van der Waals surface area (Å²) in [5.74, 6) is -0.172. The summed E-state index contributed by atoms with van der Waals surface area (Å²) < 4.78 is 4.60. The Bertz CT molecular complexity index is 262. The Balaban J connectivity index is 2.38. The molecule has 0 atom stereocenters. The Morgan fingerprint density at radius 2 is 1.82 bits per heavy atom. The first kappa shape index (κ1) is 14.0. The van der Waals surface area contributed by atoms with Crippen LogP contribution in [0, 0.1) is 0 Å². The third-order valence-corrected chi connectivity index (χ3v) is 3.10. The molecule has 1 heterocycles. The lowest BCUT2D eigenvalue weighted by atomic mass is 10.1. The average molecular weight is 242 g/mol. The molecule has 0 aliphatic carbocycles. The van der Waals surface area contributed by atoms with Crippen molar-refractivity contribution < 1.29 is 14.3 Å². The van der Waals surface area contributed by atoms with Gasteiger partial charge in [-0.05, 0) is 25.8 Å². The summed E-state index contributed by atoms with van der Waals surface area (Å²) in [6, 6.07) is 0. The lowest BCUT2D eigenvalue weighted by Gasteiger charge is -2.29. The Labute approximate surface area is 103 Å². The molecule has 1 amide bonds. The minimum absolute atomic E-state index is 0.121. The van der Waals surface area contributed by atoms with Gasteiger partial charge in [0.05, 0.1) is 20.2 Å². The number of carbonyl (C=O) groups excluding carboxylic acids is 2. The van der Waals surface area contributed by atoms with E-state index >= 15 is 0 Å². The van der Waals surface area contributed by atoms with Crippen LogP contribution >= 0.6 is 0 Å². The van der Waals surface area contributed by atoms with Crippen molar-refractivity contribution in [3.8, 4) is 0 Å². The predicted octanol–water partition coefficient (Wildman–Crippen LogP) is 0.494. The summed E-state index contributed by atoms with van der Waals surface area (Å²) in [5.41, 5.74) is 0. The number of methoxy groups -OCH3 is 1. The fourth-order valence-corrected chi connectivity index (χ4v) is 1.96. The van der Waals surface area contributed by atoms with E-state index < -0.39 is 0 Å². The number of piperidine rings is 1. The molecule has 1 saturated heterocycles. The maximum absolute atomic E-state index is 12.0. The van der Waals surface area contributed by atoms with E-state index in [9.17, 15) is 9.59 Å². The number of carbonyl (C=O) groups is 2. The van der Waals surface area contributed by atoms with Crippen LogP contribution in [0.1, 0.15) is 26.2 Å². The molecule has 0 aromatic rings. The lowest BCUT2D eigenvalue weighted by molar-refractivity contribution is -0.143. The van der Waals surface area contributed by atoms with Crippen molar-refractivity contribution in [2.24, 2.45) is 0 Å². The van der Waals surface area contributed by atoms with E-state index in [0.717, 1.165) is 25.9 Å². The second kappa shape index (κ2) is 7.27. The fraction of sp³-hybridized carbons (Fsp3) is 0.833. The van der Waals surface area contributed by atoms with Gasteiger partial charge in [0.15, 0.2) is 0 Å². The zero-order valence-electron chi connectivity index (χ0n) is 10.8. The van der Waals surface area contributed by atoms with Crippen LogP contribution in [-0.4, -0.2) is 61.5 Å². The van der Waals surface area contributed by atoms with Crippen molar-refractivity contribution in [1.82, 2.24) is 9.80 Å². The van der Waals surface area contributed by atoms with Gasteiger partial charge < -0.3 is 9.64 Å². The third-order valence-electron chi connectivity index (χ3n) is 3.10. The smallest absolute Gasteiger partial charge is 0.319 e. The van der Waals surface area contributed by atoms with Gasteiger partial charge in [-0.25, -0.2) is 0 Å². The molecule has 0 aromatic heterocycles. The summed E-state index contributed by atoms with van der Waals surface area (Å²) in [6.45, 7) is 4.82. The van der Waals surface area contributed by atoms with Crippen LogP contribution in [-0.2, 0) is 14.3 Å². The van der Waals surface area contributed by atoms with E-state index in [1.165, 1.54) is 13.5 Å². The second-order valence-corrected chi connectivity index (χ2v) is 4.32. The number of likely N-dealkylation sites (N-methyl/N-ethyl adjacent to an activating group) is 1. The SMILES string of the molecule is CCN(CC(=O)OC)CC(=O)N1CCCCC1. The number of esters is 1. The van der Waals surface area contributed by atoms with Crippen LogP contribution in [0.3, 0.4) is 0 Å². The van der Waals surface area contributed by atoms with Crippen molar-refractivity contribution in [3.63, 3.8) is 0 Å². The second-order valence-electron chi connectivity index (χ2n) is 4.32. The van der Waals surface area contributed by atoms with Gasteiger partial charge in [-0.2, -0.15) is 0 Å². The van der Waals surface area contributed by atoms with Crippen molar-refractivity contribution in [2.45, 2.75) is 26.2 Å². The Morgan fingerprint density at radius 3 is 2.35 bits per heavy atom. The van der Waals surface area contributed by atoms with E-state index in [-0.39, 0.29) is 18.4 Å². The molecule has 0 N–H and O–H groups in total. The van der Waals surface area contributed by atoms with Gasteiger partial charge in [-0.1, -0.05) is 6.92 Å². The summed E-state index contributed by atoms with van der Waals surface area (Å²) in [7, 11) is 1.36. The number of likely N-dealkylation sites (tertiary alicyclic amines) is 1. The molecule has 0 bridgehead atoms. The van der Waals surface area contributed by atoms with Gasteiger partial charge in [-0.15, -0.1) is 0 Å².